The normalized spacial score (nSPS) is 18.4. The Labute approximate surface area is 249 Å². The van der Waals surface area contributed by atoms with Gasteiger partial charge in [0.05, 0.1) is 19.6 Å². The van der Waals surface area contributed by atoms with E-state index in [-0.39, 0.29) is 43.8 Å². The second-order valence-electron chi connectivity index (χ2n) is 10.6. The molecule has 2 heterocycles. The van der Waals surface area contributed by atoms with Gasteiger partial charge in [-0.15, -0.1) is 6.42 Å². The lowest BCUT2D eigenvalue weighted by atomic mass is 9.99. The third-order valence-electron chi connectivity index (χ3n) is 7.96. The van der Waals surface area contributed by atoms with Gasteiger partial charge in [0.1, 0.15) is 18.0 Å². The Kier molecular flexibility index (Phi) is 7.77. The first-order valence-electron chi connectivity index (χ1n) is 14.1. The van der Waals surface area contributed by atoms with Crippen molar-refractivity contribution in [1.82, 2.24) is 25.1 Å². The molecule has 0 spiro atoms. The van der Waals surface area contributed by atoms with Gasteiger partial charge in [-0.25, -0.2) is 14.2 Å². The average Bonchev–Trinajstić information content (AvgIpc) is 3.35. The predicted molar refractivity (Wildman–Crippen MR) is 160 cm³/mol. The summed E-state index contributed by atoms with van der Waals surface area (Å²) in [7, 11) is 0. The number of carbonyl (C=O) groups is 3. The van der Waals surface area contributed by atoms with Crippen molar-refractivity contribution in [3.05, 3.63) is 120 Å². The molecule has 216 valence electrons. The molecule has 2 fully saturated rings. The molecular formula is C34H30FN5O3. The molecule has 6 rings (SSSR count). The minimum absolute atomic E-state index is 0.0832. The third kappa shape index (κ3) is 5.53. The summed E-state index contributed by atoms with van der Waals surface area (Å²) in [6, 6.07) is 27.7. The fraction of sp³-hybridized carbons (Fsp3) is 0.206. The van der Waals surface area contributed by atoms with Crippen LogP contribution in [0.5, 0.6) is 0 Å². The van der Waals surface area contributed by atoms with Gasteiger partial charge in [-0.05, 0) is 39.6 Å². The number of hydrogen-bond acceptors (Lipinski definition) is 4. The lowest BCUT2D eigenvalue weighted by Gasteiger charge is -2.46. The highest BCUT2D eigenvalue weighted by Gasteiger charge is 2.52. The van der Waals surface area contributed by atoms with E-state index in [0.29, 0.717) is 17.7 Å². The van der Waals surface area contributed by atoms with Gasteiger partial charge in [0.15, 0.2) is 0 Å². The molecule has 0 aromatic heterocycles. The van der Waals surface area contributed by atoms with E-state index in [1.165, 1.54) is 17.1 Å². The van der Waals surface area contributed by atoms with Crippen molar-refractivity contribution in [3.63, 3.8) is 0 Å². The monoisotopic (exact) mass is 575 g/mol. The zero-order chi connectivity index (χ0) is 29.9. The van der Waals surface area contributed by atoms with Gasteiger partial charge in [0, 0.05) is 13.1 Å². The number of amides is 4. The fourth-order valence-electron chi connectivity index (χ4n) is 5.91. The smallest absolute Gasteiger partial charge is 0.333 e. The van der Waals surface area contributed by atoms with Crippen LogP contribution in [-0.2, 0) is 22.7 Å². The lowest BCUT2D eigenvalue weighted by Crippen LogP contribution is -2.62. The predicted octanol–water partition coefficient (Wildman–Crippen LogP) is 4.29. The Morgan fingerprint density at radius 2 is 1.67 bits per heavy atom. The van der Waals surface area contributed by atoms with Gasteiger partial charge in [-0.2, -0.15) is 5.01 Å². The number of halogens is 1. The van der Waals surface area contributed by atoms with Gasteiger partial charge in [-0.1, -0.05) is 90.8 Å². The van der Waals surface area contributed by atoms with Crippen molar-refractivity contribution in [3.8, 4) is 12.3 Å². The molecule has 43 heavy (non-hydrogen) atoms. The van der Waals surface area contributed by atoms with Gasteiger partial charge >= 0.3 is 6.03 Å². The standard InChI is InChI=1S/C34H30FN5O3/c1-2-19-38(34(43)36-20-24-15-17-28(35)18-16-24)39-23-31(41)40-30(39)22-37(33(42)32(40)26-10-4-3-5-11-26)21-27-13-8-12-25-9-6-7-14-29(25)27/h1,3-18,30,32H,19-23H2,(H,36,43)/t30-,32+/m1/s1. The molecule has 2 aliphatic heterocycles. The number of carbonyl (C=O) groups excluding carboxylic acids is 3. The number of piperazine rings is 1. The molecule has 0 radical (unpaired) electrons. The van der Waals surface area contributed by atoms with Gasteiger partial charge in [0.2, 0.25) is 5.91 Å². The average molecular weight is 576 g/mol. The quantitative estimate of drug-likeness (QED) is 0.334. The van der Waals surface area contributed by atoms with Crippen LogP contribution < -0.4 is 5.32 Å². The molecule has 1 N–H and O–H groups in total. The number of hydrogen-bond donors (Lipinski definition) is 1. The minimum atomic E-state index is -0.859. The molecule has 2 saturated heterocycles. The summed E-state index contributed by atoms with van der Waals surface area (Å²) in [5.41, 5.74) is 2.39. The number of hydrazine groups is 1. The summed E-state index contributed by atoms with van der Waals surface area (Å²) < 4.78 is 13.4. The molecule has 4 aromatic rings. The second kappa shape index (κ2) is 12.0. The first-order valence-corrected chi connectivity index (χ1v) is 14.1. The maximum Gasteiger partial charge on any atom is 0.333 e. The van der Waals surface area contributed by atoms with Crippen molar-refractivity contribution in [2.24, 2.45) is 0 Å². The van der Waals surface area contributed by atoms with Crippen molar-refractivity contribution >= 4 is 28.6 Å². The lowest BCUT2D eigenvalue weighted by molar-refractivity contribution is -0.158. The summed E-state index contributed by atoms with van der Waals surface area (Å²) in [6.07, 6.45) is 5.05. The van der Waals surface area contributed by atoms with Crippen LogP contribution in [0.3, 0.4) is 0 Å². The van der Waals surface area contributed by atoms with Crippen LogP contribution in [0.25, 0.3) is 10.8 Å². The fourth-order valence-corrected chi connectivity index (χ4v) is 5.91. The van der Waals surface area contributed by atoms with Crippen LogP contribution in [0.4, 0.5) is 9.18 Å². The molecule has 2 atom stereocenters. The second-order valence-corrected chi connectivity index (χ2v) is 10.6. The Bertz CT molecular complexity index is 1700. The molecule has 0 bridgehead atoms. The highest BCUT2D eigenvalue weighted by molar-refractivity contribution is 5.93. The first kappa shape index (κ1) is 27.9. The van der Waals surface area contributed by atoms with Crippen LogP contribution in [0.1, 0.15) is 22.7 Å². The van der Waals surface area contributed by atoms with E-state index in [4.69, 9.17) is 6.42 Å². The van der Waals surface area contributed by atoms with Crippen LogP contribution in [-0.4, -0.2) is 63.5 Å². The van der Waals surface area contributed by atoms with E-state index < -0.39 is 18.2 Å². The van der Waals surface area contributed by atoms with Crippen molar-refractivity contribution in [2.75, 3.05) is 19.6 Å². The van der Waals surface area contributed by atoms with Crippen LogP contribution >= 0.6 is 0 Å². The highest BCUT2D eigenvalue weighted by atomic mass is 19.1. The Balaban J connectivity index is 1.32. The Hall–Kier alpha value is -5.20. The number of terminal acetylenes is 1. The number of fused-ring (bicyclic) bond motifs is 2. The van der Waals surface area contributed by atoms with Gasteiger partial charge < -0.3 is 15.1 Å². The van der Waals surface area contributed by atoms with Crippen LogP contribution in [0, 0.1) is 18.2 Å². The van der Waals surface area contributed by atoms with E-state index in [1.807, 2.05) is 72.8 Å². The summed E-state index contributed by atoms with van der Waals surface area (Å²) in [5, 5.41) is 7.95. The molecule has 2 aliphatic rings. The topological polar surface area (TPSA) is 76.2 Å². The number of nitrogens with zero attached hydrogens (tertiary/aromatic N) is 4. The molecule has 9 heteroatoms. The number of benzene rings is 4. The molecule has 0 saturated carbocycles. The number of rotatable bonds is 7. The highest BCUT2D eigenvalue weighted by Crippen LogP contribution is 2.36. The molecular weight excluding hydrogens is 545 g/mol. The van der Waals surface area contributed by atoms with Crippen molar-refractivity contribution < 1.29 is 18.8 Å². The summed E-state index contributed by atoms with van der Waals surface area (Å²) in [5.74, 6) is 1.70. The Morgan fingerprint density at radius 3 is 2.44 bits per heavy atom. The van der Waals surface area contributed by atoms with Crippen LogP contribution in [0.15, 0.2) is 97.1 Å². The van der Waals surface area contributed by atoms with E-state index in [9.17, 15) is 18.8 Å². The summed E-state index contributed by atoms with van der Waals surface area (Å²) >= 11 is 0. The maximum absolute atomic E-state index is 14.1. The minimum Gasteiger partial charge on any atom is -0.333 e. The van der Waals surface area contributed by atoms with Crippen molar-refractivity contribution in [2.45, 2.75) is 25.3 Å². The molecule has 0 unspecified atom stereocenters. The summed E-state index contributed by atoms with van der Waals surface area (Å²) in [6.45, 7) is 0.467. The molecule has 4 amide bonds. The largest absolute Gasteiger partial charge is 0.333 e. The van der Waals surface area contributed by atoms with Crippen molar-refractivity contribution in [1.29, 1.82) is 0 Å². The summed E-state index contributed by atoms with van der Waals surface area (Å²) in [4.78, 5) is 44.5. The van der Waals surface area contributed by atoms with Crippen LogP contribution in [0.2, 0.25) is 0 Å². The zero-order valence-electron chi connectivity index (χ0n) is 23.4. The van der Waals surface area contributed by atoms with Gasteiger partial charge in [-0.3, -0.25) is 9.59 Å². The SMILES string of the molecule is C#CCN(C(=O)NCc1ccc(F)cc1)N1CC(=O)N2[C@@H](c3ccccc3)C(=O)N(Cc3cccc4ccccc34)C[C@@H]21. The molecule has 8 nitrogen and oxygen atoms in total. The number of urea groups is 1. The zero-order valence-corrected chi connectivity index (χ0v) is 23.4. The maximum atomic E-state index is 14.1. The third-order valence-corrected chi connectivity index (χ3v) is 7.96. The van der Waals surface area contributed by atoms with E-state index in [0.717, 1.165) is 16.3 Å². The van der Waals surface area contributed by atoms with E-state index in [2.05, 4.69) is 11.2 Å². The number of nitrogens with one attached hydrogen (secondary N) is 1. The van der Waals surface area contributed by atoms with E-state index in [1.54, 1.807) is 26.9 Å². The molecule has 4 aromatic carbocycles. The molecule has 0 aliphatic carbocycles. The Morgan fingerprint density at radius 1 is 0.953 bits per heavy atom. The van der Waals surface area contributed by atoms with E-state index >= 15 is 0 Å². The van der Waals surface area contributed by atoms with Gasteiger partial charge in [0.25, 0.3) is 5.91 Å². The first-order chi connectivity index (χ1) is 20.9.